The molecule has 1 aliphatic heterocycles. The molecule has 2 aliphatic rings. The fourth-order valence-corrected chi connectivity index (χ4v) is 4.26. The van der Waals surface area contributed by atoms with Crippen LogP contribution in [0.4, 0.5) is 0 Å². The van der Waals surface area contributed by atoms with Crippen molar-refractivity contribution in [1.82, 2.24) is 4.90 Å². The standard InChI is InChI=1S/C16H20BrNO2/c17-14-3-1-2-13-12(14)4-5-15(13)18-8-6-11(7-9-18)10-16(19)20/h1-3,11,15H,4-10H2,(H,19,20). The number of rotatable bonds is 3. The van der Waals surface area contributed by atoms with E-state index in [2.05, 4.69) is 39.0 Å². The van der Waals surface area contributed by atoms with Gasteiger partial charge < -0.3 is 5.11 Å². The minimum absolute atomic E-state index is 0.334. The van der Waals surface area contributed by atoms with Crippen molar-refractivity contribution >= 4 is 21.9 Å². The number of carboxylic acids is 1. The topological polar surface area (TPSA) is 40.5 Å². The lowest BCUT2D eigenvalue weighted by Crippen LogP contribution is -2.36. The second kappa shape index (κ2) is 5.86. The SMILES string of the molecule is O=C(O)CC1CCN(C2CCc3c(Br)cccc32)CC1. The number of fused-ring (bicyclic) bond motifs is 1. The number of halogens is 1. The maximum Gasteiger partial charge on any atom is 0.303 e. The van der Waals surface area contributed by atoms with Crippen molar-refractivity contribution < 1.29 is 9.90 Å². The van der Waals surface area contributed by atoms with E-state index in [0.29, 0.717) is 18.4 Å². The first-order valence-electron chi connectivity index (χ1n) is 7.38. The van der Waals surface area contributed by atoms with E-state index in [1.54, 1.807) is 0 Å². The number of aliphatic carboxylic acids is 1. The summed E-state index contributed by atoms with van der Waals surface area (Å²) < 4.78 is 1.23. The number of likely N-dealkylation sites (tertiary alicyclic amines) is 1. The lowest BCUT2D eigenvalue weighted by atomic mass is 9.92. The Balaban J connectivity index is 1.66. The summed E-state index contributed by atoms with van der Waals surface area (Å²) in [6.45, 7) is 2.07. The van der Waals surface area contributed by atoms with Gasteiger partial charge in [0.1, 0.15) is 0 Å². The van der Waals surface area contributed by atoms with Crippen LogP contribution in [0.25, 0.3) is 0 Å². The highest BCUT2D eigenvalue weighted by molar-refractivity contribution is 9.10. The van der Waals surface area contributed by atoms with Crippen molar-refractivity contribution in [2.75, 3.05) is 13.1 Å². The number of hydrogen-bond donors (Lipinski definition) is 1. The number of nitrogens with zero attached hydrogens (tertiary/aromatic N) is 1. The second-order valence-corrected chi connectivity index (χ2v) is 6.79. The maximum atomic E-state index is 10.8. The molecule has 1 fully saturated rings. The zero-order chi connectivity index (χ0) is 14.1. The summed E-state index contributed by atoms with van der Waals surface area (Å²) in [5, 5.41) is 8.89. The highest BCUT2D eigenvalue weighted by Crippen LogP contribution is 2.40. The molecule has 0 amide bonds. The van der Waals surface area contributed by atoms with Crippen LogP contribution >= 0.6 is 15.9 Å². The van der Waals surface area contributed by atoms with Gasteiger partial charge in [0.05, 0.1) is 0 Å². The molecule has 1 unspecified atom stereocenters. The number of hydrogen-bond acceptors (Lipinski definition) is 2. The van der Waals surface area contributed by atoms with Crippen LogP contribution in [0.3, 0.4) is 0 Å². The molecule has 0 radical (unpaired) electrons. The van der Waals surface area contributed by atoms with Crippen LogP contribution in [0.5, 0.6) is 0 Å². The molecular formula is C16H20BrNO2. The van der Waals surface area contributed by atoms with E-state index < -0.39 is 5.97 Å². The molecule has 0 aromatic heterocycles. The molecule has 3 rings (SSSR count). The first-order chi connectivity index (χ1) is 9.65. The van der Waals surface area contributed by atoms with Crippen LogP contribution in [0, 0.1) is 5.92 Å². The van der Waals surface area contributed by atoms with Crippen LogP contribution in [-0.2, 0) is 11.2 Å². The van der Waals surface area contributed by atoms with E-state index in [1.807, 2.05) is 0 Å². The molecule has 0 spiro atoms. The lowest BCUT2D eigenvalue weighted by Gasteiger charge is -2.36. The molecular weight excluding hydrogens is 318 g/mol. The van der Waals surface area contributed by atoms with Gasteiger partial charge in [0, 0.05) is 16.9 Å². The fraction of sp³-hybridized carbons (Fsp3) is 0.562. The van der Waals surface area contributed by atoms with Crippen LogP contribution < -0.4 is 0 Å². The van der Waals surface area contributed by atoms with Crippen molar-refractivity contribution in [2.45, 2.75) is 38.1 Å². The smallest absolute Gasteiger partial charge is 0.303 e. The zero-order valence-corrected chi connectivity index (χ0v) is 13.1. The van der Waals surface area contributed by atoms with Gasteiger partial charge in [-0.15, -0.1) is 0 Å². The van der Waals surface area contributed by atoms with Crippen molar-refractivity contribution in [1.29, 1.82) is 0 Å². The quantitative estimate of drug-likeness (QED) is 0.915. The van der Waals surface area contributed by atoms with Gasteiger partial charge in [-0.25, -0.2) is 0 Å². The molecule has 0 bridgehead atoms. The van der Waals surface area contributed by atoms with E-state index in [0.717, 1.165) is 32.4 Å². The summed E-state index contributed by atoms with van der Waals surface area (Å²) in [5.74, 6) is -0.286. The molecule has 1 aromatic carbocycles. The normalized spacial score (nSPS) is 23.8. The predicted molar refractivity (Wildman–Crippen MR) is 81.8 cm³/mol. The fourth-order valence-electron chi connectivity index (χ4n) is 3.68. The zero-order valence-electron chi connectivity index (χ0n) is 11.5. The van der Waals surface area contributed by atoms with Crippen molar-refractivity contribution in [3.05, 3.63) is 33.8 Å². The summed E-state index contributed by atoms with van der Waals surface area (Å²) in [7, 11) is 0. The molecule has 3 nitrogen and oxygen atoms in total. The van der Waals surface area contributed by atoms with Crippen LogP contribution in [0.2, 0.25) is 0 Å². The largest absolute Gasteiger partial charge is 0.481 e. The number of piperidine rings is 1. The van der Waals surface area contributed by atoms with E-state index >= 15 is 0 Å². The average molecular weight is 338 g/mol. The molecule has 1 atom stereocenters. The van der Waals surface area contributed by atoms with Gasteiger partial charge in [0.15, 0.2) is 0 Å². The maximum absolute atomic E-state index is 10.8. The first-order valence-corrected chi connectivity index (χ1v) is 8.17. The third kappa shape index (κ3) is 2.77. The van der Waals surface area contributed by atoms with E-state index in [4.69, 9.17) is 5.11 Å². The third-order valence-corrected chi connectivity index (χ3v) is 5.48. The number of carboxylic acid groups (broad SMARTS) is 1. The summed E-state index contributed by atoms with van der Waals surface area (Å²) in [6, 6.07) is 7.04. The van der Waals surface area contributed by atoms with Gasteiger partial charge >= 0.3 is 5.97 Å². The molecule has 20 heavy (non-hydrogen) atoms. The highest BCUT2D eigenvalue weighted by atomic mass is 79.9. The van der Waals surface area contributed by atoms with E-state index in [1.165, 1.54) is 22.0 Å². The third-order valence-electron chi connectivity index (χ3n) is 4.74. The Bertz CT molecular complexity index is 509. The number of carbonyl (C=O) groups is 1. The van der Waals surface area contributed by atoms with E-state index in [-0.39, 0.29) is 0 Å². The molecule has 1 aliphatic carbocycles. The molecule has 1 saturated heterocycles. The summed E-state index contributed by atoms with van der Waals surface area (Å²) >= 11 is 3.65. The Kier molecular flexibility index (Phi) is 4.13. The van der Waals surface area contributed by atoms with Gasteiger partial charge in [0.25, 0.3) is 0 Å². The van der Waals surface area contributed by atoms with Crippen molar-refractivity contribution in [2.24, 2.45) is 5.92 Å². The van der Waals surface area contributed by atoms with Crippen LogP contribution in [0.15, 0.2) is 22.7 Å². The summed E-state index contributed by atoms with van der Waals surface area (Å²) in [5.41, 5.74) is 2.93. The predicted octanol–water partition coefficient (Wildman–Crippen LogP) is 3.62. The Morgan fingerprint density at radius 2 is 2.05 bits per heavy atom. The monoisotopic (exact) mass is 337 g/mol. The highest BCUT2D eigenvalue weighted by Gasteiger charge is 2.31. The molecule has 4 heteroatoms. The van der Waals surface area contributed by atoms with Crippen LogP contribution in [0.1, 0.15) is 42.9 Å². The molecule has 1 heterocycles. The Morgan fingerprint density at radius 3 is 2.75 bits per heavy atom. The Morgan fingerprint density at radius 1 is 1.30 bits per heavy atom. The van der Waals surface area contributed by atoms with Crippen molar-refractivity contribution in [3.63, 3.8) is 0 Å². The number of benzene rings is 1. The van der Waals surface area contributed by atoms with Gasteiger partial charge in [0.2, 0.25) is 0 Å². The second-order valence-electron chi connectivity index (χ2n) is 5.94. The molecule has 1 aromatic rings. The minimum atomic E-state index is -0.654. The molecule has 0 saturated carbocycles. The summed E-state index contributed by atoms with van der Waals surface area (Å²) in [6.07, 6.45) is 4.72. The van der Waals surface area contributed by atoms with E-state index in [9.17, 15) is 4.79 Å². The first kappa shape index (κ1) is 14.1. The molecule has 108 valence electrons. The van der Waals surface area contributed by atoms with Gasteiger partial charge in [-0.05, 0) is 61.9 Å². The van der Waals surface area contributed by atoms with Crippen LogP contribution in [-0.4, -0.2) is 29.1 Å². The minimum Gasteiger partial charge on any atom is -0.481 e. The lowest BCUT2D eigenvalue weighted by molar-refractivity contribution is -0.138. The van der Waals surface area contributed by atoms with Gasteiger partial charge in [-0.1, -0.05) is 28.1 Å². The van der Waals surface area contributed by atoms with Gasteiger partial charge in [-0.2, -0.15) is 0 Å². The Hall–Kier alpha value is -0.870. The summed E-state index contributed by atoms with van der Waals surface area (Å²) in [4.78, 5) is 13.3. The van der Waals surface area contributed by atoms with Crippen molar-refractivity contribution in [3.8, 4) is 0 Å². The Labute approximate surface area is 128 Å². The molecule has 1 N–H and O–H groups in total. The average Bonchev–Trinajstić information content (AvgIpc) is 2.84. The van der Waals surface area contributed by atoms with Gasteiger partial charge in [-0.3, -0.25) is 9.69 Å².